The number of rotatable bonds is 14. The van der Waals surface area contributed by atoms with E-state index in [-0.39, 0.29) is 13.2 Å². The lowest BCUT2D eigenvalue weighted by Gasteiger charge is -2.08. The van der Waals surface area contributed by atoms with Gasteiger partial charge in [0.2, 0.25) is 0 Å². The number of hydrogen-bond donors (Lipinski definition) is 0. The predicted molar refractivity (Wildman–Crippen MR) is 65.6 cm³/mol. The Morgan fingerprint density at radius 3 is 1.30 bits per heavy atom. The van der Waals surface area contributed by atoms with Gasteiger partial charge in [0, 0.05) is 6.61 Å². The average molecular weight is 304 g/mol. The number of ether oxygens (including phenoxy) is 5. The molecule has 0 heterocycles. The lowest BCUT2D eigenvalue weighted by molar-refractivity contribution is -0.327. The van der Waals surface area contributed by atoms with Crippen LogP contribution in [0.5, 0.6) is 0 Å². The maximum Gasteiger partial charge on any atom is 0.522 e. The van der Waals surface area contributed by atoms with E-state index in [1.165, 1.54) is 0 Å². The minimum atomic E-state index is -4.60. The summed E-state index contributed by atoms with van der Waals surface area (Å²) in [4.78, 5) is 0. The molecule has 122 valence electrons. The van der Waals surface area contributed by atoms with Crippen molar-refractivity contribution in [2.75, 3.05) is 59.5 Å². The van der Waals surface area contributed by atoms with Crippen LogP contribution in [0.4, 0.5) is 13.2 Å². The van der Waals surface area contributed by atoms with Crippen molar-refractivity contribution in [1.82, 2.24) is 0 Å². The van der Waals surface area contributed by atoms with E-state index >= 15 is 0 Å². The minimum absolute atomic E-state index is 0.117. The van der Waals surface area contributed by atoms with Crippen LogP contribution >= 0.6 is 0 Å². The molecule has 0 aliphatic carbocycles. The molecule has 8 heteroatoms. The molecule has 0 spiro atoms. The minimum Gasteiger partial charge on any atom is -0.379 e. The van der Waals surface area contributed by atoms with Crippen LogP contribution in [0.25, 0.3) is 0 Å². The van der Waals surface area contributed by atoms with Crippen molar-refractivity contribution in [2.24, 2.45) is 0 Å². The van der Waals surface area contributed by atoms with Gasteiger partial charge in [-0.05, 0) is 6.42 Å². The standard InChI is InChI=1S/C12H23F3O5/c1-2-3-16-4-5-17-6-7-18-8-9-19-10-11-20-12(13,14)15/h2-11H2,1H3. The molecule has 20 heavy (non-hydrogen) atoms. The topological polar surface area (TPSA) is 46.2 Å². The molecule has 0 saturated carbocycles. The summed E-state index contributed by atoms with van der Waals surface area (Å²) in [5.74, 6) is 0. The van der Waals surface area contributed by atoms with Crippen molar-refractivity contribution in [3.63, 3.8) is 0 Å². The number of hydrogen-bond acceptors (Lipinski definition) is 5. The maximum atomic E-state index is 11.6. The number of alkyl halides is 3. The summed E-state index contributed by atoms with van der Waals surface area (Å²) in [6.07, 6.45) is -3.62. The van der Waals surface area contributed by atoms with E-state index in [4.69, 9.17) is 18.9 Å². The van der Waals surface area contributed by atoms with Gasteiger partial charge in [-0.25, -0.2) is 0 Å². The molecule has 0 N–H and O–H groups in total. The van der Waals surface area contributed by atoms with Gasteiger partial charge in [0.25, 0.3) is 0 Å². The van der Waals surface area contributed by atoms with E-state index in [2.05, 4.69) is 4.74 Å². The molecule has 0 amide bonds. The fourth-order valence-corrected chi connectivity index (χ4v) is 1.12. The zero-order chi connectivity index (χ0) is 15.1. The van der Waals surface area contributed by atoms with E-state index in [1.807, 2.05) is 6.92 Å². The normalized spacial score (nSPS) is 12.0. The van der Waals surface area contributed by atoms with Gasteiger partial charge < -0.3 is 18.9 Å². The first-order valence-electron chi connectivity index (χ1n) is 6.58. The Hall–Kier alpha value is -0.410. The molecule has 0 aliphatic heterocycles. The first-order valence-corrected chi connectivity index (χ1v) is 6.58. The Labute approximate surface area is 117 Å². The first kappa shape index (κ1) is 19.6. The van der Waals surface area contributed by atoms with Crippen molar-refractivity contribution in [3.05, 3.63) is 0 Å². The Morgan fingerprint density at radius 1 is 0.600 bits per heavy atom. The predicted octanol–water partition coefficient (Wildman–Crippen LogP) is 2.00. The molecule has 0 aliphatic rings. The summed E-state index contributed by atoms with van der Waals surface area (Å²) in [6, 6.07) is 0. The third kappa shape index (κ3) is 17.6. The molecule has 0 aromatic carbocycles. The molecular weight excluding hydrogens is 281 g/mol. The molecule has 0 fully saturated rings. The summed E-state index contributed by atoms with van der Waals surface area (Å²) >= 11 is 0. The first-order chi connectivity index (χ1) is 9.56. The van der Waals surface area contributed by atoms with Gasteiger partial charge in [-0.2, -0.15) is 0 Å². The van der Waals surface area contributed by atoms with Crippen molar-refractivity contribution in [3.8, 4) is 0 Å². The Morgan fingerprint density at radius 2 is 0.950 bits per heavy atom. The Bertz CT molecular complexity index is 202. The molecule has 0 bridgehead atoms. The van der Waals surface area contributed by atoms with Crippen molar-refractivity contribution >= 4 is 0 Å². The van der Waals surface area contributed by atoms with E-state index in [1.54, 1.807) is 0 Å². The van der Waals surface area contributed by atoms with E-state index in [9.17, 15) is 13.2 Å². The molecular formula is C12H23F3O5. The molecule has 0 rings (SSSR count). The summed E-state index contributed by atoms with van der Waals surface area (Å²) in [5.41, 5.74) is 0. The second kappa shape index (κ2) is 13.6. The van der Waals surface area contributed by atoms with Crippen LogP contribution in [0.3, 0.4) is 0 Å². The van der Waals surface area contributed by atoms with E-state index in [0.717, 1.165) is 13.0 Å². The van der Waals surface area contributed by atoms with Crippen LogP contribution in [0.15, 0.2) is 0 Å². The molecule has 5 nitrogen and oxygen atoms in total. The van der Waals surface area contributed by atoms with Gasteiger partial charge in [0.1, 0.15) is 0 Å². The number of halogens is 3. The average Bonchev–Trinajstić information content (AvgIpc) is 2.38. The SMILES string of the molecule is CCCOCCOCCOCCOCCOC(F)(F)F. The largest absolute Gasteiger partial charge is 0.522 e. The lowest BCUT2D eigenvalue weighted by atomic mass is 10.5. The summed E-state index contributed by atoms with van der Waals surface area (Å²) in [5, 5.41) is 0. The third-order valence-corrected chi connectivity index (χ3v) is 1.96. The summed E-state index contributed by atoms with van der Waals surface area (Å²) in [6.45, 7) is 4.62. The molecule has 0 radical (unpaired) electrons. The second-order valence-corrected chi connectivity index (χ2v) is 3.74. The highest BCUT2D eigenvalue weighted by Gasteiger charge is 2.28. The third-order valence-electron chi connectivity index (χ3n) is 1.96. The second-order valence-electron chi connectivity index (χ2n) is 3.74. The van der Waals surface area contributed by atoms with Gasteiger partial charge in [-0.15, -0.1) is 13.2 Å². The van der Waals surface area contributed by atoms with Crippen LogP contribution in [0, 0.1) is 0 Å². The molecule has 0 atom stereocenters. The van der Waals surface area contributed by atoms with Crippen molar-refractivity contribution in [2.45, 2.75) is 19.7 Å². The van der Waals surface area contributed by atoms with Gasteiger partial charge in [0.15, 0.2) is 0 Å². The quantitative estimate of drug-likeness (QED) is 0.459. The van der Waals surface area contributed by atoms with E-state index in [0.29, 0.717) is 33.0 Å². The van der Waals surface area contributed by atoms with Crippen molar-refractivity contribution < 1.29 is 36.9 Å². The summed E-state index contributed by atoms with van der Waals surface area (Å²) in [7, 11) is 0. The summed E-state index contributed by atoms with van der Waals surface area (Å²) < 4.78 is 58.7. The van der Waals surface area contributed by atoms with Crippen LogP contribution in [0.2, 0.25) is 0 Å². The van der Waals surface area contributed by atoms with Crippen LogP contribution in [-0.2, 0) is 23.7 Å². The van der Waals surface area contributed by atoms with Crippen LogP contribution in [0.1, 0.15) is 13.3 Å². The van der Waals surface area contributed by atoms with Gasteiger partial charge >= 0.3 is 6.36 Å². The highest BCUT2D eigenvalue weighted by atomic mass is 19.4. The maximum absolute atomic E-state index is 11.6. The van der Waals surface area contributed by atoms with Gasteiger partial charge in [-0.1, -0.05) is 6.92 Å². The Kier molecular flexibility index (Phi) is 13.3. The zero-order valence-electron chi connectivity index (χ0n) is 11.7. The highest BCUT2D eigenvalue weighted by molar-refractivity contribution is 4.36. The zero-order valence-corrected chi connectivity index (χ0v) is 11.7. The fraction of sp³-hybridized carbons (Fsp3) is 1.00. The smallest absolute Gasteiger partial charge is 0.379 e. The van der Waals surface area contributed by atoms with Crippen molar-refractivity contribution in [1.29, 1.82) is 0 Å². The monoisotopic (exact) mass is 304 g/mol. The molecule has 0 unspecified atom stereocenters. The van der Waals surface area contributed by atoms with Crippen LogP contribution in [-0.4, -0.2) is 65.8 Å². The van der Waals surface area contributed by atoms with E-state index < -0.39 is 13.0 Å². The molecule has 0 saturated heterocycles. The Balaban J connectivity index is 2.99. The van der Waals surface area contributed by atoms with Gasteiger partial charge in [-0.3, -0.25) is 4.74 Å². The van der Waals surface area contributed by atoms with Crippen LogP contribution < -0.4 is 0 Å². The molecule has 0 aromatic heterocycles. The van der Waals surface area contributed by atoms with Gasteiger partial charge in [0.05, 0.1) is 52.9 Å². The highest BCUT2D eigenvalue weighted by Crippen LogP contribution is 2.15. The lowest BCUT2D eigenvalue weighted by Crippen LogP contribution is -2.18. The molecule has 0 aromatic rings. The fourth-order valence-electron chi connectivity index (χ4n) is 1.12.